The van der Waals surface area contributed by atoms with E-state index in [-0.39, 0.29) is 48.2 Å². The molecule has 17 heteroatoms. The fraction of sp³-hybridized carbons (Fsp3) is 0.239. The maximum absolute atomic E-state index is 14.1. The predicted octanol–water partition coefficient (Wildman–Crippen LogP) is 6.01. The highest BCUT2D eigenvalue weighted by Crippen LogP contribution is 2.44. The van der Waals surface area contributed by atoms with Gasteiger partial charge in [0.2, 0.25) is 0 Å². The number of oxime groups is 2. The molecule has 3 aliphatic rings. The summed E-state index contributed by atoms with van der Waals surface area (Å²) in [6, 6.07) is 36.0. The van der Waals surface area contributed by atoms with Gasteiger partial charge < -0.3 is 34.5 Å². The zero-order chi connectivity index (χ0) is 43.9. The van der Waals surface area contributed by atoms with E-state index < -0.39 is 46.8 Å². The van der Waals surface area contributed by atoms with E-state index in [0.717, 1.165) is 16.7 Å². The molecule has 4 heterocycles. The number of benzene rings is 4. The van der Waals surface area contributed by atoms with Gasteiger partial charge in [0, 0.05) is 23.1 Å². The maximum Gasteiger partial charge on any atom is 0.356 e. The Morgan fingerprint density at radius 2 is 1.51 bits per heavy atom. The third-order valence-electron chi connectivity index (χ3n) is 10.6. The zero-order valence-electron chi connectivity index (χ0n) is 34.4. The number of methoxy groups -OCH3 is 1. The molecule has 2 unspecified atom stereocenters. The van der Waals surface area contributed by atoms with Crippen LogP contribution >= 0.6 is 23.1 Å². The Balaban J connectivity index is 1.04. The van der Waals surface area contributed by atoms with E-state index in [1.807, 2.05) is 54.6 Å². The normalized spacial score (nSPS) is 18.3. The lowest BCUT2D eigenvalue weighted by Crippen LogP contribution is -2.71. The lowest BCUT2D eigenvalue weighted by atomic mass is 9.77. The van der Waals surface area contributed by atoms with Crippen LogP contribution in [0.5, 0.6) is 5.75 Å². The molecular formula is C46H42N6O9S2. The second kappa shape index (κ2) is 19.0. The molecule has 2 N–H and O–H groups in total. The first-order valence-corrected chi connectivity index (χ1v) is 21.9. The molecule has 322 valence electrons. The van der Waals surface area contributed by atoms with Crippen LogP contribution in [0.3, 0.4) is 0 Å². The summed E-state index contributed by atoms with van der Waals surface area (Å²) in [6.45, 7) is 1.73. The van der Waals surface area contributed by atoms with Crippen LogP contribution in [0.25, 0.3) is 0 Å². The summed E-state index contributed by atoms with van der Waals surface area (Å²) in [6.07, 6.45) is -0.804. The molecule has 5 aromatic rings. The highest BCUT2D eigenvalue weighted by molar-refractivity contribution is 8.00. The number of ether oxygens (including phenoxy) is 3. The summed E-state index contributed by atoms with van der Waals surface area (Å²) in [5.41, 5.74) is 3.21. The summed E-state index contributed by atoms with van der Waals surface area (Å²) in [5.74, 6) is -1.84. The predicted molar refractivity (Wildman–Crippen MR) is 237 cm³/mol. The summed E-state index contributed by atoms with van der Waals surface area (Å²) >= 11 is 2.60. The number of amides is 2. The van der Waals surface area contributed by atoms with Gasteiger partial charge in [-0.05, 0) is 41.3 Å². The molecule has 0 bridgehead atoms. The minimum absolute atomic E-state index is 0.0291. The first-order valence-electron chi connectivity index (χ1n) is 20.0. The van der Waals surface area contributed by atoms with Crippen LogP contribution in [0.15, 0.2) is 142 Å². The number of aromatic nitrogens is 1. The first kappa shape index (κ1) is 42.7. The Labute approximate surface area is 371 Å². The third-order valence-corrected chi connectivity index (χ3v) is 12.7. The number of thiazole rings is 1. The third kappa shape index (κ3) is 8.61. The summed E-state index contributed by atoms with van der Waals surface area (Å²) in [4.78, 5) is 71.6. The van der Waals surface area contributed by atoms with E-state index >= 15 is 0 Å². The summed E-state index contributed by atoms with van der Waals surface area (Å²) < 4.78 is 16.1. The number of nitrogens with zero attached hydrogens (tertiary/aromatic N) is 4. The lowest BCUT2D eigenvalue weighted by molar-refractivity contribution is -0.153. The fourth-order valence-corrected chi connectivity index (χ4v) is 9.76. The van der Waals surface area contributed by atoms with Crippen molar-refractivity contribution in [1.29, 1.82) is 0 Å². The van der Waals surface area contributed by atoms with E-state index in [4.69, 9.17) is 28.9 Å². The zero-order valence-corrected chi connectivity index (χ0v) is 36.0. The van der Waals surface area contributed by atoms with Crippen molar-refractivity contribution in [2.24, 2.45) is 10.3 Å². The number of carbonyl (C=O) groups excluding carboxylic acids is 4. The van der Waals surface area contributed by atoms with Crippen LogP contribution in [0.2, 0.25) is 0 Å². The molecular weight excluding hydrogens is 845 g/mol. The Hall–Kier alpha value is -6.98. The van der Waals surface area contributed by atoms with Crippen molar-refractivity contribution < 1.29 is 43.1 Å². The van der Waals surface area contributed by atoms with Crippen LogP contribution < -0.4 is 15.4 Å². The molecule has 0 aliphatic carbocycles. The lowest BCUT2D eigenvalue weighted by Gasteiger charge is -2.50. The maximum atomic E-state index is 14.1. The van der Waals surface area contributed by atoms with Crippen molar-refractivity contribution >= 4 is 63.4 Å². The highest BCUT2D eigenvalue weighted by atomic mass is 32.2. The van der Waals surface area contributed by atoms with Gasteiger partial charge in [0.25, 0.3) is 11.8 Å². The molecule has 4 aromatic carbocycles. The van der Waals surface area contributed by atoms with Gasteiger partial charge in [-0.15, -0.1) is 23.1 Å². The van der Waals surface area contributed by atoms with E-state index in [2.05, 4.69) is 57.3 Å². The minimum atomic E-state index is -1.05. The van der Waals surface area contributed by atoms with Crippen LogP contribution in [-0.2, 0) is 50.5 Å². The van der Waals surface area contributed by atoms with Gasteiger partial charge >= 0.3 is 11.9 Å². The molecule has 0 saturated carbocycles. The second-order valence-corrected chi connectivity index (χ2v) is 16.3. The monoisotopic (exact) mass is 886 g/mol. The standard InChI is InChI=1S/C46H42N6O9S2/c1-4-59-43(55)34-24-36(61-50-34)33-26-62-42-38(41(54)52(42)39(33)44(56)60-25-28-20-22-32(57-2)23-21-28)48-40(53)37(51-58-3)35-27-63-45(47-35)49-46(29-14-8-5-9-15-29,30-16-10-6-11-17-30)31-18-12-7-13-19-31/h5-23,27,36,38,42H,4,24-26H2,1-3H3,(H,47,49)(H,48,53)/b51-37-/t36-,38?,42?/m0/s1. The number of hydrogen-bond acceptors (Lipinski definition) is 15. The average molecular weight is 887 g/mol. The summed E-state index contributed by atoms with van der Waals surface area (Å²) in [7, 11) is 2.87. The van der Waals surface area contributed by atoms with Crippen molar-refractivity contribution in [3.63, 3.8) is 0 Å². The Kier molecular flexibility index (Phi) is 12.9. The van der Waals surface area contributed by atoms with Gasteiger partial charge in [-0.3, -0.25) is 14.5 Å². The van der Waals surface area contributed by atoms with Crippen molar-refractivity contribution in [2.75, 3.05) is 31.9 Å². The molecule has 0 radical (unpaired) electrons. The van der Waals surface area contributed by atoms with Crippen LogP contribution in [0.4, 0.5) is 5.13 Å². The Bertz CT molecular complexity index is 2470. The van der Waals surface area contributed by atoms with Gasteiger partial charge in [0.05, 0.1) is 13.7 Å². The van der Waals surface area contributed by atoms with Crippen LogP contribution in [0.1, 0.15) is 41.3 Å². The van der Waals surface area contributed by atoms with Crippen LogP contribution in [0, 0.1) is 0 Å². The Morgan fingerprint density at radius 3 is 2.10 bits per heavy atom. The van der Waals surface area contributed by atoms with E-state index in [0.29, 0.717) is 22.0 Å². The van der Waals surface area contributed by atoms with E-state index in [1.165, 1.54) is 35.1 Å². The first-order chi connectivity index (χ1) is 30.7. The molecule has 3 atom stereocenters. The van der Waals surface area contributed by atoms with E-state index in [1.54, 1.807) is 43.7 Å². The molecule has 1 aromatic heterocycles. The molecule has 8 rings (SSSR count). The van der Waals surface area contributed by atoms with Crippen molar-refractivity contribution in [3.05, 3.63) is 160 Å². The number of fused-ring (bicyclic) bond motifs is 1. The van der Waals surface area contributed by atoms with Crippen LogP contribution in [-0.4, -0.2) is 89.2 Å². The van der Waals surface area contributed by atoms with Gasteiger partial charge in [0.15, 0.2) is 22.7 Å². The van der Waals surface area contributed by atoms with Crippen molar-refractivity contribution in [1.82, 2.24) is 15.2 Å². The number of rotatable bonds is 16. The minimum Gasteiger partial charge on any atom is -0.497 e. The molecule has 1 saturated heterocycles. The molecule has 1 fully saturated rings. The second-order valence-electron chi connectivity index (χ2n) is 14.3. The fourth-order valence-electron chi connectivity index (χ4n) is 7.60. The van der Waals surface area contributed by atoms with Crippen molar-refractivity contribution in [3.8, 4) is 5.75 Å². The number of carbonyl (C=O) groups is 4. The number of esters is 2. The van der Waals surface area contributed by atoms with Gasteiger partial charge in [-0.2, -0.15) is 0 Å². The largest absolute Gasteiger partial charge is 0.497 e. The molecule has 15 nitrogen and oxygen atoms in total. The number of β-lactam (4-membered cyclic amide) rings is 1. The number of hydrogen-bond donors (Lipinski definition) is 2. The highest BCUT2D eigenvalue weighted by Gasteiger charge is 2.56. The number of nitrogens with one attached hydrogen (secondary N) is 2. The number of anilines is 1. The Morgan fingerprint density at radius 1 is 0.873 bits per heavy atom. The van der Waals surface area contributed by atoms with Gasteiger partial charge in [-0.1, -0.05) is 113 Å². The quantitative estimate of drug-likeness (QED) is 0.0388. The SMILES string of the molecule is CCOC(=O)C1=NO[C@H](C2=C(C(=O)OCc3ccc(OC)cc3)N3C(=O)C(NC(=O)/C(=N\OC)c4csc(NC(c5ccccc5)(c5ccccc5)c5ccccc5)n4)C3SC2)C1. The van der Waals surface area contributed by atoms with Crippen molar-refractivity contribution in [2.45, 2.75) is 43.0 Å². The molecule has 63 heavy (non-hydrogen) atoms. The van der Waals surface area contributed by atoms with E-state index in [9.17, 15) is 19.2 Å². The van der Waals surface area contributed by atoms with Gasteiger partial charge in [-0.25, -0.2) is 14.6 Å². The van der Waals surface area contributed by atoms with Gasteiger partial charge in [0.1, 0.15) is 47.8 Å². The smallest absolute Gasteiger partial charge is 0.356 e. The topological polar surface area (TPSA) is 179 Å². The molecule has 3 aliphatic heterocycles. The average Bonchev–Trinajstić information content (AvgIpc) is 4.02. The molecule has 0 spiro atoms. The number of thioether (sulfide) groups is 1. The molecule has 2 amide bonds. The summed E-state index contributed by atoms with van der Waals surface area (Å²) in [5, 5.41) is 16.0.